The molecule has 156 valence electrons. The van der Waals surface area contributed by atoms with Crippen molar-refractivity contribution < 1.29 is 33.4 Å². The fraction of sp³-hybridized carbons (Fsp3) is 0.190. The molecule has 0 aromatic heterocycles. The molecule has 0 saturated heterocycles. The maximum Gasteiger partial charge on any atom is 0.335 e. The molecule has 30 heavy (non-hydrogen) atoms. The summed E-state index contributed by atoms with van der Waals surface area (Å²) in [6.45, 7) is -0.380. The van der Waals surface area contributed by atoms with Gasteiger partial charge in [-0.25, -0.2) is 9.18 Å². The molecule has 2 amide bonds. The highest BCUT2D eigenvalue weighted by Crippen LogP contribution is 2.28. The number of halogens is 1. The number of amides is 2. The van der Waals surface area contributed by atoms with Gasteiger partial charge >= 0.3 is 5.97 Å². The molecule has 0 radical (unpaired) electrons. The topological polar surface area (TPSA) is 114 Å². The molecule has 2 aromatic rings. The monoisotopic (exact) mass is 414 g/mol. The summed E-state index contributed by atoms with van der Waals surface area (Å²) in [5.41, 5.74) is 0.443. The van der Waals surface area contributed by atoms with Gasteiger partial charge < -0.3 is 25.2 Å². The molecule has 1 unspecified atom stereocenters. The minimum Gasteiger partial charge on any atom is -0.497 e. The maximum absolute atomic E-state index is 14.6. The number of nitrogens with one attached hydrogen (secondary N) is 2. The Morgan fingerprint density at radius 2 is 1.90 bits per heavy atom. The number of carboxylic acids is 1. The van der Waals surface area contributed by atoms with E-state index in [-0.39, 0.29) is 17.9 Å². The third kappa shape index (κ3) is 4.15. The molecular weight excluding hydrogens is 395 g/mol. The molecular formula is C21H19FN2O6. The summed E-state index contributed by atoms with van der Waals surface area (Å²) in [5, 5.41) is 14.0. The lowest BCUT2D eigenvalue weighted by Crippen LogP contribution is -2.35. The van der Waals surface area contributed by atoms with Crippen molar-refractivity contribution in [2.24, 2.45) is 0 Å². The van der Waals surface area contributed by atoms with E-state index in [0.717, 1.165) is 5.56 Å². The molecule has 2 aromatic carbocycles. The van der Waals surface area contributed by atoms with Gasteiger partial charge in [0.2, 0.25) is 0 Å². The Labute approximate surface area is 171 Å². The van der Waals surface area contributed by atoms with Crippen LogP contribution in [0.15, 0.2) is 53.6 Å². The molecule has 8 nitrogen and oxygen atoms in total. The van der Waals surface area contributed by atoms with Crippen LogP contribution in [0.3, 0.4) is 0 Å². The summed E-state index contributed by atoms with van der Waals surface area (Å²) in [6.07, 6.45) is -1.41. The lowest BCUT2D eigenvalue weighted by Gasteiger charge is -2.10. The Morgan fingerprint density at radius 3 is 2.53 bits per heavy atom. The Hall–Kier alpha value is -3.72. The number of rotatable bonds is 6. The average molecular weight is 414 g/mol. The fourth-order valence-corrected chi connectivity index (χ4v) is 3.05. The van der Waals surface area contributed by atoms with Gasteiger partial charge in [-0.2, -0.15) is 0 Å². The van der Waals surface area contributed by atoms with E-state index in [9.17, 15) is 23.9 Å². The number of ether oxygens (including phenoxy) is 2. The van der Waals surface area contributed by atoms with Gasteiger partial charge in [0.25, 0.3) is 11.8 Å². The van der Waals surface area contributed by atoms with Crippen LogP contribution in [0.1, 0.15) is 0 Å². The Balaban J connectivity index is 1.85. The molecule has 3 rings (SSSR count). The fourth-order valence-electron chi connectivity index (χ4n) is 3.05. The van der Waals surface area contributed by atoms with E-state index in [1.165, 1.54) is 26.3 Å². The van der Waals surface area contributed by atoms with Crippen LogP contribution >= 0.6 is 0 Å². The molecule has 0 saturated carbocycles. The van der Waals surface area contributed by atoms with E-state index >= 15 is 0 Å². The molecule has 1 atom stereocenters. The Morgan fingerprint density at radius 1 is 1.17 bits per heavy atom. The predicted molar refractivity (Wildman–Crippen MR) is 105 cm³/mol. The summed E-state index contributed by atoms with van der Waals surface area (Å²) in [7, 11) is 2.85. The Kier molecular flexibility index (Phi) is 6.12. The number of hydrogen-bond acceptors (Lipinski definition) is 5. The second kappa shape index (κ2) is 8.75. The predicted octanol–water partition coefficient (Wildman–Crippen LogP) is 1.97. The lowest BCUT2D eigenvalue weighted by atomic mass is 10.0. The van der Waals surface area contributed by atoms with Gasteiger partial charge in [0, 0.05) is 7.05 Å². The first kappa shape index (κ1) is 21.0. The van der Waals surface area contributed by atoms with E-state index in [2.05, 4.69) is 10.6 Å². The number of aliphatic carboxylic acids is 1. The number of carboxylic acid groups (broad SMARTS) is 1. The van der Waals surface area contributed by atoms with Crippen molar-refractivity contribution in [3.63, 3.8) is 0 Å². The average Bonchev–Trinajstić information content (AvgIpc) is 3.20. The van der Waals surface area contributed by atoms with Gasteiger partial charge in [-0.3, -0.25) is 9.59 Å². The highest BCUT2D eigenvalue weighted by molar-refractivity contribution is 6.12. The zero-order valence-corrected chi connectivity index (χ0v) is 16.2. The number of anilines is 1. The van der Waals surface area contributed by atoms with Crippen LogP contribution in [0.4, 0.5) is 10.1 Å². The minimum absolute atomic E-state index is 0.132. The number of hydrogen-bond donors (Lipinski definition) is 3. The lowest BCUT2D eigenvalue weighted by molar-refractivity contribution is -0.137. The zero-order valence-electron chi connectivity index (χ0n) is 16.2. The first-order valence-corrected chi connectivity index (χ1v) is 8.90. The van der Waals surface area contributed by atoms with Crippen molar-refractivity contribution in [2.45, 2.75) is 6.10 Å². The van der Waals surface area contributed by atoms with Crippen LogP contribution in [-0.2, 0) is 19.1 Å². The molecule has 0 bridgehead atoms. The molecule has 1 heterocycles. The van der Waals surface area contributed by atoms with Crippen LogP contribution in [0.2, 0.25) is 0 Å². The molecule has 1 aliphatic heterocycles. The van der Waals surface area contributed by atoms with Crippen LogP contribution in [-0.4, -0.2) is 49.8 Å². The molecule has 3 N–H and O–H groups in total. The number of methoxy groups -OCH3 is 1. The summed E-state index contributed by atoms with van der Waals surface area (Å²) in [4.78, 5) is 35.9. The van der Waals surface area contributed by atoms with Crippen LogP contribution in [0.5, 0.6) is 5.75 Å². The van der Waals surface area contributed by atoms with Gasteiger partial charge in [0.15, 0.2) is 6.10 Å². The number of likely N-dealkylation sites (N-methyl/N-ethyl adjacent to an activating group) is 1. The molecule has 9 heteroatoms. The van der Waals surface area contributed by atoms with Crippen molar-refractivity contribution in [3.05, 3.63) is 59.4 Å². The second-order valence-electron chi connectivity index (χ2n) is 6.38. The standard InChI is InChI=1S/C21H19FN2O6/c1-23-20(26)18-17(21(27)28)14(10-30-18)19(25)24-16-7-6-12(9-15(16)22)11-4-3-5-13(8-11)29-2/h3-9,18H,10H2,1-2H3,(H,23,26)(H,24,25)(H,27,28). The van der Waals surface area contributed by atoms with Gasteiger partial charge in [-0.05, 0) is 35.4 Å². The first-order valence-electron chi connectivity index (χ1n) is 8.90. The molecule has 0 fully saturated rings. The van der Waals surface area contributed by atoms with Crippen molar-refractivity contribution in [1.29, 1.82) is 0 Å². The third-order valence-electron chi connectivity index (χ3n) is 4.59. The Bertz CT molecular complexity index is 1050. The molecule has 0 aliphatic carbocycles. The third-order valence-corrected chi connectivity index (χ3v) is 4.59. The number of benzene rings is 2. The van der Waals surface area contributed by atoms with Gasteiger partial charge in [0.1, 0.15) is 11.6 Å². The van der Waals surface area contributed by atoms with Crippen molar-refractivity contribution in [1.82, 2.24) is 5.32 Å². The normalized spacial score (nSPS) is 15.6. The quantitative estimate of drug-likeness (QED) is 0.666. The number of carbonyl (C=O) groups is 3. The smallest absolute Gasteiger partial charge is 0.335 e. The SMILES string of the molecule is CNC(=O)C1OCC(C(=O)Nc2ccc(-c3cccc(OC)c3)cc2F)=C1C(=O)O. The van der Waals surface area contributed by atoms with Gasteiger partial charge in [-0.15, -0.1) is 0 Å². The van der Waals surface area contributed by atoms with E-state index in [1.54, 1.807) is 30.3 Å². The number of carbonyl (C=O) groups excluding carboxylic acids is 2. The highest BCUT2D eigenvalue weighted by Gasteiger charge is 2.39. The van der Waals surface area contributed by atoms with Crippen LogP contribution in [0.25, 0.3) is 11.1 Å². The van der Waals surface area contributed by atoms with Crippen molar-refractivity contribution in [2.75, 3.05) is 26.1 Å². The largest absolute Gasteiger partial charge is 0.497 e. The molecule has 0 spiro atoms. The van der Waals surface area contributed by atoms with Gasteiger partial charge in [0.05, 0.1) is 30.6 Å². The molecule has 1 aliphatic rings. The summed E-state index contributed by atoms with van der Waals surface area (Å²) in [5.74, 6) is -3.09. The highest BCUT2D eigenvalue weighted by atomic mass is 19.1. The zero-order chi connectivity index (χ0) is 21.8. The van der Waals surface area contributed by atoms with E-state index in [0.29, 0.717) is 11.3 Å². The van der Waals surface area contributed by atoms with Crippen LogP contribution < -0.4 is 15.4 Å². The van der Waals surface area contributed by atoms with E-state index < -0.39 is 35.3 Å². The van der Waals surface area contributed by atoms with E-state index in [1.807, 2.05) is 0 Å². The summed E-state index contributed by atoms with van der Waals surface area (Å²) < 4.78 is 24.9. The summed E-state index contributed by atoms with van der Waals surface area (Å²) >= 11 is 0. The first-order chi connectivity index (χ1) is 14.3. The minimum atomic E-state index is -1.46. The maximum atomic E-state index is 14.6. The summed E-state index contributed by atoms with van der Waals surface area (Å²) in [6, 6.07) is 11.3. The second-order valence-corrected chi connectivity index (χ2v) is 6.38. The van der Waals surface area contributed by atoms with Crippen molar-refractivity contribution in [3.8, 4) is 16.9 Å². The van der Waals surface area contributed by atoms with Crippen molar-refractivity contribution >= 4 is 23.5 Å². The van der Waals surface area contributed by atoms with E-state index in [4.69, 9.17) is 9.47 Å². The van der Waals surface area contributed by atoms with Gasteiger partial charge in [-0.1, -0.05) is 18.2 Å². The van der Waals surface area contributed by atoms with Crippen LogP contribution in [0, 0.1) is 5.82 Å².